The summed E-state index contributed by atoms with van der Waals surface area (Å²) in [6.07, 6.45) is -0.0985. The van der Waals surface area contributed by atoms with Crippen molar-refractivity contribution in [2.75, 3.05) is 14.2 Å². The highest BCUT2D eigenvalue weighted by Gasteiger charge is 2.14. The van der Waals surface area contributed by atoms with E-state index in [2.05, 4.69) is 5.32 Å². The number of urea groups is 1. The summed E-state index contributed by atoms with van der Waals surface area (Å²) in [5, 5.41) is 11.3. The van der Waals surface area contributed by atoms with E-state index in [0.717, 1.165) is 11.3 Å². The van der Waals surface area contributed by atoms with Crippen molar-refractivity contribution in [3.63, 3.8) is 0 Å². The third kappa shape index (κ3) is 5.17. The number of nitrogens with one attached hydrogen (secondary N) is 1. The number of carboxylic acids is 1. The quantitative estimate of drug-likeness (QED) is 0.831. The second-order valence-electron chi connectivity index (χ2n) is 4.66. The Morgan fingerprint density at radius 3 is 2.75 bits per heavy atom. The summed E-state index contributed by atoms with van der Waals surface area (Å²) < 4.78 is 5.12. The van der Waals surface area contributed by atoms with Crippen LogP contribution in [0.15, 0.2) is 24.3 Å². The SMILES string of the molecule is COc1cccc(CN(C)C(=O)NC(C)CC(=O)O)c1. The van der Waals surface area contributed by atoms with Gasteiger partial charge in [-0.05, 0) is 24.6 Å². The minimum atomic E-state index is -0.937. The lowest BCUT2D eigenvalue weighted by atomic mass is 10.2. The normalized spacial score (nSPS) is 11.6. The van der Waals surface area contributed by atoms with Gasteiger partial charge in [-0.15, -0.1) is 0 Å². The number of carbonyl (C=O) groups excluding carboxylic acids is 1. The van der Waals surface area contributed by atoms with Crippen molar-refractivity contribution in [3.05, 3.63) is 29.8 Å². The maximum Gasteiger partial charge on any atom is 0.317 e. The number of benzene rings is 1. The zero-order chi connectivity index (χ0) is 15.1. The van der Waals surface area contributed by atoms with E-state index in [0.29, 0.717) is 6.54 Å². The fraction of sp³-hybridized carbons (Fsp3) is 0.429. The molecule has 1 aromatic rings. The summed E-state index contributed by atoms with van der Waals surface area (Å²) in [5.74, 6) is -0.205. The van der Waals surface area contributed by atoms with Crippen molar-refractivity contribution >= 4 is 12.0 Å². The first kappa shape index (κ1) is 15.8. The van der Waals surface area contributed by atoms with Crippen molar-refractivity contribution in [1.29, 1.82) is 0 Å². The molecule has 0 aromatic heterocycles. The van der Waals surface area contributed by atoms with E-state index in [1.54, 1.807) is 21.1 Å². The van der Waals surface area contributed by atoms with E-state index in [4.69, 9.17) is 9.84 Å². The predicted octanol–water partition coefficient (Wildman–Crippen LogP) is 1.70. The van der Waals surface area contributed by atoms with Crippen molar-refractivity contribution in [2.45, 2.75) is 25.9 Å². The predicted molar refractivity (Wildman–Crippen MR) is 74.7 cm³/mol. The summed E-state index contributed by atoms with van der Waals surface area (Å²) in [5.41, 5.74) is 0.938. The standard InChI is InChI=1S/C14H20N2O4/c1-10(7-13(17)18)15-14(19)16(2)9-11-5-4-6-12(8-11)20-3/h4-6,8,10H,7,9H2,1-3H3,(H,15,19)(H,17,18). The van der Waals surface area contributed by atoms with Gasteiger partial charge in [-0.3, -0.25) is 4.79 Å². The number of rotatable bonds is 6. The number of hydrogen-bond donors (Lipinski definition) is 2. The smallest absolute Gasteiger partial charge is 0.317 e. The van der Waals surface area contributed by atoms with E-state index >= 15 is 0 Å². The summed E-state index contributed by atoms with van der Waals surface area (Å²) in [4.78, 5) is 23.9. The first-order valence-corrected chi connectivity index (χ1v) is 6.28. The molecule has 6 heteroatoms. The van der Waals surface area contributed by atoms with Crippen LogP contribution in [0.5, 0.6) is 5.75 Å². The van der Waals surface area contributed by atoms with Crippen molar-refractivity contribution in [3.8, 4) is 5.75 Å². The lowest BCUT2D eigenvalue weighted by molar-refractivity contribution is -0.137. The molecule has 2 N–H and O–H groups in total. The molecule has 0 radical (unpaired) electrons. The second-order valence-corrected chi connectivity index (χ2v) is 4.66. The molecule has 0 spiro atoms. The van der Waals surface area contributed by atoms with Gasteiger partial charge in [0.15, 0.2) is 0 Å². The third-order valence-corrected chi connectivity index (χ3v) is 2.75. The van der Waals surface area contributed by atoms with Gasteiger partial charge < -0.3 is 20.1 Å². The Labute approximate surface area is 118 Å². The molecule has 0 saturated carbocycles. The zero-order valence-electron chi connectivity index (χ0n) is 11.9. The van der Waals surface area contributed by atoms with Crippen LogP contribution in [0.2, 0.25) is 0 Å². The zero-order valence-corrected chi connectivity index (χ0v) is 11.9. The summed E-state index contributed by atoms with van der Waals surface area (Å²) in [6, 6.07) is 6.72. The van der Waals surface area contributed by atoms with Gasteiger partial charge in [-0.1, -0.05) is 12.1 Å². The van der Waals surface area contributed by atoms with E-state index in [1.807, 2.05) is 24.3 Å². The van der Waals surface area contributed by atoms with Crippen LogP contribution in [-0.2, 0) is 11.3 Å². The van der Waals surface area contributed by atoms with Crippen LogP contribution in [0.1, 0.15) is 18.9 Å². The fourth-order valence-electron chi connectivity index (χ4n) is 1.75. The number of aliphatic carboxylic acids is 1. The molecule has 6 nitrogen and oxygen atoms in total. The minimum absolute atomic E-state index is 0.0985. The first-order valence-electron chi connectivity index (χ1n) is 6.28. The Hall–Kier alpha value is -2.24. The summed E-state index contributed by atoms with van der Waals surface area (Å²) in [7, 11) is 3.24. The molecule has 1 aromatic carbocycles. The molecule has 0 aliphatic carbocycles. The molecule has 0 heterocycles. The fourth-order valence-corrected chi connectivity index (χ4v) is 1.75. The lowest BCUT2D eigenvalue weighted by Gasteiger charge is -2.21. The number of carboxylic acid groups (broad SMARTS) is 1. The number of nitrogens with zero attached hydrogens (tertiary/aromatic N) is 1. The van der Waals surface area contributed by atoms with E-state index < -0.39 is 12.0 Å². The van der Waals surface area contributed by atoms with Crippen LogP contribution in [0.4, 0.5) is 4.79 Å². The Morgan fingerprint density at radius 2 is 2.15 bits per heavy atom. The van der Waals surface area contributed by atoms with Gasteiger partial charge in [0.05, 0.1) is 13.5 Å². The van der Waals surface area contributed by atoms with E-state index in [9.17, 15) is 9.59 Å². The van der Waals surface area contributed by atoms with Crippen molar-refractivity contribution in [2.24, 2.45) is 0 Å². The van der Waals surface area contributed by atoms with Gasteiger partial charge in [-0.25, -0.2) is 4.79 Å². The maximum absolute atomic E-state index is 11.9. The second kappa shape index (κ2) is 7.37. The van der Waals surface area contributed by atoms with Crippen LogP contribution in [0, 0.1) is 0 Å². The molecule has 1 rings (SSSR count). The average Bonchev–Trinajstić information content (AvgIpc) is 2.37. The Bertz CT molecular complexity index is 476. The maximum atomic E-state index is 11.9. The molecule has 0 aliphatic heterocycles. The lowest BCUT2D eigenvalue weighted by Crippen LogP contribution is -2.42. The highest BCUT2D eigenvalue weighted by molar-refractivity contribution is 5.75. The number of carbonyl (C=O) groups is 2. The molecule has 20 heavy (non-hydrogen) atoms. The number of ether oxygens (including phenoxy) is 1. The Morgan fingerprint density at radius 1 is 1.45 bits per heavy atom. The monoisotopic (exact) mass is 280 g/mol. The molecule has 110 valence electrons. The minimum Gasteiger partial charge on any atom is -0.497 e. The number of hydrogen-bond acceptors (Lipinski definition) is 3. The van der Waals surface area contributed by atoms with Crippen molar-refractivity contribution < 1.29 is 19.4 Å². The largest absolute Gasteiger partial charge is 0.497 e. The summed E-state index contributed by atoms with van der Waals surface area (Å²) >= 11 is 0. The van der Waals surface area contributed by atoms with Gasteiger partial charge in [-0.2, -0.15) is 0 Å². The van der Waals surface area contributed by atoms with Crippen LogP contribution >= 0.6 is 0 Å². The average molecular weight is 280 g/mol. The topological polar surface area (TPSA) is 78.9 Å². The van der Waals surface area contributed by atoms with Gasteiger partial charge in [0.25, 0.3) is 0 Å². The highest BCUT2D eigenvalue weighted by Crippen LogP contribution is 2.13. The first-order chi connectivity index (χ1) is 9.42. The van der Waals surface area contributed by atoms with Crippen molar-refractivity contribution in [1.82, 2.24) is 10.2 Å². The number of methoxy groups -OCH3 is 1. The molecule has 1 unspecified atom stereocenters. The van der Waals surface area contributed by atoms with Gasteiger partial charge in [0.1, 0.15) is 5.75 Å². The van der Waals surface area contributed by atoms with Gasteiger partial charge in [0, 0.05) is 19.6 Å². The van der Waals surface area contributed by atoms with Crippen LogP contribution in [0.3, 0.4) is 0 Å². The highest BCUT2D eigenvalue weighted by atomic mass is 16.5. The van der Waals surface area contributed by atoms with Gasteiger partial charge >= 0.3 is 12.0 Å². The van der Waals surface area contributed by atoms with Gasteiger partial charge in [0.2, 0.25) is 0 Å². The molecule has 2 amide bonds. The number of amides is 2. The summed E-state index contributed by atoms with van der Waals surface area (Å²) in [6.45, 7) is 2.08. The Balaban J connectivity index is 2.54. The molecule has 0 saturated heterocycles. The third-order valence-electron chi connectivity index (χ3n) is 2.75. The van der Waals surface area contributed by atoms with E-state index in [1.165, 1.54) is 4.90 Å². The molecular weight excluding hydrogens is 260 g/mol. The Kier molecular flexibility index (Phi) is 5.83. The molecule has 1 atom stereocenters. The van der Waals surface area contributed by atoms with Crippen LogP contribution in [0.25, 0.3) is 0 Å². The van der Waals surface area contributed by atoms with Crippen LogP contribution < -0.4 is 10.1 Å². The molecule has 0 bridgehead atoms. The van der Waals surface area contributed by atoms with Crippen LogP contribution in [-0.4, -0.2) is 42.2 Å². The molecule has 0 fully saturated rings. The molecular formula is C14H20N2O4. The molecule has 0 aliphatic rings. The van der Waals surface area contributed by atoms with E-state index in [-0.39, 0.29) is 12.5 Å².